The van der Waals surface area contributed by atoms with Gasteiger partial charge in [-0.1, -0.05) is 193 Å². The topological polar surface area (TPSA) is 3.24 Å². The smallest absolute Gasteiger partial charge is 0.0462 e. The van der Waals surface area contributed by atoms with E-state index in [2.05, 4.69) is 234 Å². The number of anilines is 3. The van der Waals surface area contributed by atoms with E-state index in [0.29, 0.717) is 0 Å². The number of benzene rings is 8. The van der Waals surface area contributed by atoms with Crippen molar-refractivity contribution in [3.63, 3.8) is 0 Å². The van der Waals surface area contributed by atoms with Gasteiger partial charge in [0, 0.05) is 28.9 Å². The largest absolute Gasteiger partial charge is 0.311 e. The first-order chi connectivity index (χ1) is 29.1. The molecule has 2 bridgehead atoms. The Morgan fingerprint density at radius 3 is 1.23 bits per heavy atom. The minimum Gasteiger partial charge on any atom is -0.311 e. The zero-order valence-electron chi connectivity index (χ0n) is 35.5. The molecule has 0 unspecified atom stereocenters. The van der Waals surface area contributed by atoms with Crippen LogP contribution in [0.1, 0.15) is 97.9 Å². The van der Waals surface area contributed by atoms with Crippen LogP contribution in [0.5, 0.6) is 0 Å². The van der Waals surface area contributed by atoms with Crippen molar-refractivity contribution in [3.8, 4) is 33.4 Å². The molecule has 1 nitrogen and oxygen atoms in total. The van der Waals surface area contributed by atoms with E-state index < -0.39 is 0 Å². The molecule has 60 heavy (non-hydrogen) atoms. The molecule has 0 aliphatic heterocycles. The molecular weight excluding hydrogens is 723 g/mol. The molecule has 1 heteroatoms. The molecule has 0 heterocycles. The van der Waals surface area contributed by atoms with Crippen LogP contribution in [-0.2, 0) is 10.8 Å². The summed E-state index contributed by atoms with van der Waals surface area (Å²) in [4.78, 5) is 2.36. The second-order valence-corrected chi connectivity index (χ2v) is 18.9. The van der Waals surface area contributed by atoms with Crippen LogP contribution in [0.15, 0.2) is 188 Å². The molecule has 0 saturated carbocycles. The average Bonchev–Trinajstić information content (AvgIpc) is 3.39. The van der Waals surface area contributed by atoms with Gasteiger partial charge in [-0.3, -0.25) is 0 Å². The highest BCUT2D eigenvalue weighted by molar-refractivity contribution is 5.87. The summed E-state index contributed by atoms with van der Waals surface area (Å²) in [6.07, 6.45) is 0. The molecule has 0 saturated heterocycles. The van der Waals surface area contributed by atoms with Crippen molar-refractivity contribution >= 4 is 17.1 Å². The van der Waals surface area contributed by atoms with Gasteiger partial charge in [-0.25, -0.2) is 0 Å². The normalized spacial score (nSPS) is 18.2. The number of nitrogens with zero attached hydrogens (tertiary/aromatic N) is 1. The number of para-hydroxylation sites is 1. The van der Waals surface area contributed by atoms with Gasteiger partial charge in [-0.05, 0) is 131 Å². The van der Waals surface area contributed by atoms with E-state index in [4.69, 9.17) is 0 Å². The molecular formula is C59H51N. The molecule has 12 rings (SSSR count). The first-order valence-electron chi connectivity index (χ1n) is 21.7. The first kappa shape index (κ1) is 36.6. The third kappa shape index (κ3) is 5.18. The van der Waals surface area contributed by atoms with E-state index in [1.54, 1.807) is 0 Å². The maximum atomic E-state index is 2.56. The molecule has 0 radical (unpaired) electrons. The molecule has 0 amide bonds. The third-order valence-electron chi connectivity index (χ3n) is 15.6. The summed E-state index contributed by atoms with van der Waals surface area (Å²) < 4.78 is 0. The van der Waals surface area contributed by atoms with Gasteiger partial charge in [0.25, 0.3) is 0 Å². The Morgan fingerprint density at radius 1 is 0.333 bits per heavy atom. The van der Waals surface area contributed by atoms with Crippen molar-refractivity contribution in [2.24, 2.45) is 5.41 Å². The minimum atomic E-state index is 0.0271. The van der Waals surface area contributed by atoms with Gasteiger partial charge in [0.2, 0.25) is 0 Å². The van der Waals surface area contributed by atoms with Crippen LogP contribution in [0, 0.1) is 5.41 Å². The lowest BCUT2D eigenvalue weighted by molar-refractivity contribution is 0.125. The van der Waals surface area contributed by atoms with Gasteiger partial charge in [0.15, 0.2) is 0 Å². The van der Waals surface area contributed by atoms with Crippen LogP contribution in [-0.4, -0.2) is 0 Å². The summed E-state index contributed by atoms with van der Waals surface area (Å²) in [6.45, 7) is 14.7. The van der Waals surface area contributed by atoms with Crippen molar-refractivity contribution in [2.75, 3.05) is 4.90 Å². The number of fused-ring (bicyclic) bond motifs is 1. The Morgan fingerprint density at radius 2 is 0.717 bits per heavy atom. The Labute approximate surface area is 356 Å². The van der Waals surface area contributed by atoms with Crippen molar-refractivity contribution < 1.29 is 0 Å². The molecule has 0 fully saturated rings. The Hall–Kier alpha value is -6.44. The van der Waals surface area contributed by atoms with Gasteiger partial charge in [0.1, 0.15) is 0 Å². The van der Waals surface area contributed by atoms with Crippen molar-refractivity contribution in [2.45, 2.75) is 64.2 Å². The molecule has 8 aromatic carbocycles. The fourth-order valence-electron chi connectivity index (χ4n) is 11.3. The van der Waals surface area contributed by atoms with Crippen molar-refractivity contribution in [3.05, 3.63) is 233 Å². The molecule has 4 aliphatic carbocycles. The second-order valence-electron chi connectivity index (χ2n) is 18.9. The fourth-order valence-corrected chi connectivity index (χ4v) is 11.3. The molecule has 0 spiro atoms. The lowest BCUT2D eigenvalue weighted by Crippen LogP contribution is -2.42. The predicted octanol–water partition coefficient (Wildman–Crippen LogP) is 15.7. The van der Waals surface area contributed by atoms with Crippen LogP contribution < -0.4 is 4.90 Å². The van der Waals surface area contributed by atoms with E-state index in [9.17, 15) is 0 Å². The van der Waals surface area contributed by atoms with Gasteiger partial charge in [0.05, 0.1) is 0 Å². The molecule has 0 N–H and O–H groups in total. The van der Waals surface area contributed by atoms with Gasteiger partial charge in [-0.2, -0.15) is 0 Å². The third-order valence-corrected chi connectivity index (χ3v) is 15.6. The summed E-state index contributed by atoms with van der Waals surface area (Å²) in [5.74, 6) is 0.313. The van der Waals surface area contributed by atoms with E-state index >= 15 is 0 Å². The first-order valence-corrected chi connectivity index (χ1v) is 21.7. The maximum Gasteiger partial charge on any atom is 0.0462 e. The van der Waals surface area contributed by atoms with Gasteiger partial charge in [-0.15, -0.1) is 0 Å². The standard InChI is InChI=1S/C59H51N/c1-57(2)51-36-29-41(37-52(51)58(3,4)59(57,5)6)46-35-34-45(55-53-47-21-13-15-23-49(47)54(56(46)55)50-24-16-14-22-48(50)53)40-27-32-44(33-28-40)60(42-19-11-8-12-20-42)43-30-25-39(26-31-43)38-17-9-7-10-18-38/h7-37,53-54H,1-6H3. The Kier molecular flexibility index (Phi) is 8.11. The zero-order chi connectivity index (χ0) is 41.0. The van der Waals surface area contributed by atoms with E-state index in [0.717, 1.165) is 17.1 Å². The molecule has 8 aromatic rings. The lowest BCUT2D eigenvalue weighted by atomic mass is 9.58. The summed E-state index contributed by atoms with van der Waals surface area (Å²) in [7, 11) is 0. The summed E-state index contributed by atoms with van der Waals surface area (Å²) >= 11 is 0. The monoisotopic (exact) mass is 773 g/mol. The van der Waals surface area contributed by atoms with E-state index in [1.807, 2.05) is 0 Å². The molecule has 0 atom stereocenters. The summed E-state index contributed by atoms with van der Waals surface area (Å²) in [5.41, 5.74) is 23.0. The van der Waals surface area contributed by atoms with Crippen LogP contribution >= 0.6 is 0 Å². The van der Waals surface area contributed by atoms with Crippen molar-refractivity contribution in [1.29, 1.82) is 0 Å². The highest BCUT2D eigenvalue weighted by Crippen LogP contribution is 2.63. The lowest BCUT2D eigenvalue weighted by Gasteiger charge is -2.44. The SMILES string of the molecule is CC1(C)c2ccc(-c3ccc(-c4ccc(N(c5ccccc5)c5ccc(-c6ccccc6)cc5)cc4)c4c3C3c5ccccc5C4c4ccccc43)cc2C(C)(C)C1(C)C. The number of hydrogen-bond acceptors (Lipinski definition) is 1. The molecule has 292 valence electrons. The Balaban J connectivity index is 1.07. The predicted molar refractivity (Wildman–Crippen MR) is 252 cm³/mol. The maximum absolute atomic E-state index is 2.56. The van der Waals surface area contributed by atoms with Crippen molar-refractivity contribution in [1.82, 2.24) is 0 Å². The van der Waals surface area contributed by atoms with Crippen LogP contribution in [0.2, 0.25) is 0 Å². The molecule has 0 aromatic heterocycles. The number of rotatable bonds is 6. The Bertz CT molecular complexity index is 2880. The fraction of sp³-hybridized carbons (Fsp3) is 0.186. The summed E-state index contributed by atoms with van der Waals surface area (Å²) in [6, 6.07) is 70.4. The van der Waals surface area contributed by atoms with Gasteiger partial charge >= 0.3 is 0 Å². The van der Waals surface area contributed by atoms with Gasteiger partial charge < -0.3 is 4.90 Å². The average molecular weight is 774 g/mol. The summed E-state index contributed by atoms with van der Waals surface area (Å²) in [5, 5.41) is 0. The van der Waals surface area contributed by atoms with E-state index in [-0.39, 0.29) is 28.1 Å². The van der Waals surface area contributed by atoms with Crippen LogP contribution in [0.25, 0.3) is 33.4 Å². The highest BCUT2D eigenvalue weighted by Gasteiger charge is 2.57. The highest BCUT2D eigenvalue weighted by atomic mass is 15.1. The quantitative estimate of drug-likeness (QED) is 0.163. The zero-order valence-corrected chi connectivity index (χ0v) is 35.5. The van der Waals surface area contributed by atoms with Crippen LogP contribution in [0.3, 0.4) is 0 Å². The minimum absolute atomic E-state index is 0.0271. The molecule has 4 aliphatic rings. The second kappa shape index (κ2) is 13.3. The number of hydrogen-bond donors (Lipinski definition) is 0. The van der Waals surface area contributed by atoms with E-state index in [1.165, 1.54) is 77.9 Å². The van der Waals surface area contributed by atoms with Crippen LogP contribution in [0.4, 0.5) is 17.1 Å².